The molecule has 1 aliphatic heterocycles. The number of hydrogen-bond donors (Lipinski definition) is 3. The van der Waals surface area contributed by atoms with Gasteiger partial charge in [-0.2, -0.15) is 5.10 Å². The normalized spacial score (nSPS) is 18.5. The van der Waals surface area contributed by atoms with Gasteiger partial charge in [0, 0.05) is 47.0 Å². The van der Waals surface area contributed by atoms with Crippen molar-refractivity contribution in [2.75, 3.05) is 5.32 Å². The molecule has 3 aromatic rings. The highest BCUT2D eigenvalue weighted by molar-refractivity contribution is 6.03. The lowest BCUT2D eigenvalue weighted by molar-refractivity contribution is -0.118. The van der Waals surface area contributed by atoms with Crippen LogP contribution < -0.4 is 10.6 Å². The number of Topliss-reactive ketones (excluding diaryl/α,β-unsaturated/α-hetero) is 1. The van der Waals surface area contributed by atoms with Crippen LogP contribution in [0.1, 0.15) is 68.2 Å². The first-order valence-electron chi connectivity index (χ1n) is 12.4. The van der Waals surface area contributed by atoms with Gasteiger partial charge in [-0.05, 0) is 55.5 Å². The molecule has 3 heterocycles. The average molecular weight is 500 g/mol. The van der Waals surface area contributed by atoms with Crippen LogP contribution in [-0.4, -0.2) is 32.9 Å². The number of aromatic amines is 1. The Hall–Kier alpha value is -4.07. The molecule has 3 N–H and O–H groups in total. The second-order valence-corrected chi connectivity index (χ2v) is 10.8. The van der Waals surface area contributed by atoms with E-state index in [1.54, 1.807) is 12.3 Å². The molecule has 2 aromatic heterocycles. The van der Waals surface area contributed by atoms with Gasteiger partial charge < -0.3 is 10.6 Å². The molecule has 7 nitrogen and oxygen atoms in total. The Balaban J connectivity index is 1.52. The second-order valence-electron chi connectivity index (χ2n) is 10.8. The molecule has 0 spiro atoms. The molecule has 0 saturated carbocycles. The summed E-state index contributed by atoms with van der Waals surface area (Å²) in [7, 11) is 0. The summed E-state index contributed by atoms with van der Waals surface area (Å²) in [6, 6.07) is 10.1. The Morgan fingerprint density at radius 3 is 2.70 bits per heavy atom. The van der Waals surface area contributed by atoms with E-state index >= 15 is 0 Å². The van der Waals surface area contributed by atoms with Crippen LogP contribution >= 0.6 is 0 Å². The molecule has 1 unspecified atom stereocenters. The Morgan fingerprint density at radius 1 is 1.19 bits per heavy atom. The number of fused-ring (bicyclic) bond motifs is 1. The highest BCUT2D eigenvalue weighted by atomic mass is 19.1. The van der Waals surface area contributed by atoms with Crippen LogP contribution in [0.3, 0.4) is 0 Å². The van der Waals surface area contributed by atoms with Crippen LogP contribution in [0.4, 0.5) is 10.2 Å². The molecule has 190 valence electrons. The van der Waals surface area contributed by atoms with Gasteiger partial charge in [-0.15, -0.1) is 0 Å². The number of nitrogens with zero attached hydrogens (tertiary/aromatic N) is 2. The minimum Gasteiger partial charge on any atom is -0.349 e. The van der Waals surface area contributed by atoms with Gasteiger partial charge >= 0.3 is 0 Å². The number of nitrogens with one attached hydrogen (secondary N) is 3. The van der Waals surface area contributed by atoms with Crippen LogP contribution in [0.2, 0.25) is 0 Å². The molecule has 0 bridgehead atoms. The fraction of sp³-hybridized carbons (Fsp3) is 0.310. The maximum absolute atomic E-state index is 13.6. The Morgan fingerprint density at radius 2 is 2.00 bits per heavy atom. The summed E-state index contributed by atoms with van der Waals surface area (Å²) in [4.78, 5) is 30.9. The van der Waals surface area contributed by atoms with Crippen molar-refractivity contribution in [1.82, 2.24) is 20.5 Å². The van der Waals surface area contributed by atoms with Crippen molar-refractivity contribution in [3.05, 3.63) is 82.7 Å². The number of rotatable bonds is 5. The van der Waals surface area contributed by atoms with Crippen molar-refractivity contribution in [2.24, 2.45) is 5.41 Å². The number of carbonyl (C=O) groups excluding carboxylic acids is 2. The number of ketones is 1. The predicted molar refractivity (Wildman–Crippen MR) is 141 cm³/mol. The summed E-state index contributed by atoms with van der Waals surface area (Å²) in [5, 5.41) is 13.5. The molecule has 0 saturated heterocycles. The Labute approximate surface area is 215 Å². The average Bonchev–Trinajstić information content (AvgIpc) is 3.25. The van der Waals surface area contributed by atoms with Crippen molar-refractivity contribution in [1.29, 1.82) is 0 Å². The van der Waals surface area contributed by atoms with Crippen molar-refractivity contribution >= 4 is 23.6 Å². The highest BCUT2D eigenvalue weighted by Gasteiger charge is 2.41. The Kier molecular flexibility index (Phi) is 6.27. The van der Waals surface area contributed by atoms with Gasteiger partial charge in [0.15, 0.2) is 11.6 Å². The fourth-order valence-corrected chi connectivity index (χ4v) is 5.08. The van der Waals surface area contributed by atoms with Crippen LogP contribution in [0.15, 0.2) is 59.9 Å². The molecule has 1 amide bonds. The SMILES string of the molecule is CC(C)NC(=O)c1[nH]nc2c1C(/C=C/c1ccc(-c3cccc(F)c3)cn1)C1=C(CC(C)(C)CC1=O)N2. The highest BCUT2D eigenvalue weighted by Crippen LogP contribution is 2.47. The van der Waals surface area contributed by atoms with Crippen LogP contribution in [-0.2, 0) is 4.79 Å². The first-order valence-corrected chi connectivity index (χ1v) is 12.4. The molecule has 1 atom stereocenters. The predicted octanol–water partition coefficient (Wildman–Crippen LogP) is 5.61. The molecule has 2 aliphatic rings. The lowest BCUT2D eigenvalue weighted by atomic mass is 9.70. The summed E-state index contributed by atoms with van der Waals surface area (Å²) in [5.74, 6) is -0.405. The second kappa shape index (κ2) is 9.42. The molecule has 1 aromatic carbocycles. The number of H-pyrrole nitrogens is 1. The lowest BCUT2D eigenvalue weighted by Crippen LogP contribution is -2.35. The molecular weight excluding hydrogens is 469 g/mol. The van der Waals surface area contributed by atoms with Gasteiger partial charge in [0.25, 0.3) is 5.91 Å². The van der Waals surface area contributed by atoms with E-state index < -0.39 is 5.92 Å². The summed E-state index contributed by atoms with van der Waals surface area (Å²) in [6.07, 6.45) is 6.60. The van der Waals surface area contributed by atoms with E-state index in [-0.39, 0.29) is 29.0 Å². The zero-order chi connectivity index (χ0) is 26.3. The number of anilines is 1. The largest absolute Gasteiger partial charge is 0.349 e. The number of benzene rings is 1. The summed E-state index contributed by atoms with van der Waals surface area (Å²) in [5.41, 5.74) is 4.56. The molecule has 1 aliphatic carbocycles. The minimum absolute atomic E-state index is 0.0512. The number of hydrogen-bond acceptors (Lipinski definition) is 5. The third-order valence-corrected chi connectivity index (χ3v) is 6.67. The van der Waals surface area contributed by atoms with Gasteiger partial charge in [-0.25, -0.2) is 4.39 Å². The van der Waals surface area contributed by atoms with Gasteiger partial charge in [0.2, 0.25) is 0 Å². The molecule has 0 fully saturated rings. The number of pyridine rings is 1. The number of carbonyl (C=O) groups is 2. The van der Waals surface area contributed by atoms with Crippen LogP contribution in [0.25, 0.3) is 17.2 Å². The van der Waals surface area contributed by atoms with Crippen LogP contribution in [0, 0.1) is 11.2 Å². The van der Waals surface area contributed by atoms with E-state index in [0.717, 1.165) is 16.8 Å². The summed E-state index contributed by atoms with van der Waals surface area (Å²) >= 11 is 0. The third-order valence-electron chi connectivity index (χ3n) is 6.67. The number of halogens is 1. The fourth-order valence-electron chi connectivity index (χ4n) is 5.08. The van der Waals surface area contributed by atoms with Crippen molar-refractivity contribution in [2.45, 2.75) is 52.5 Å². The summed E-state index contributed by atoms with van der Waals surface area (Å²) in [6.45, 7) is 7.94. The summed E-state index contributed by atoms with van der Waals surface area (Å²) < 4.78 is 13.6. The van der Waals surface area contributed by atoms with E-state index in [4.69, 9.17) is 0 Å². The van der Waals surface area contributed by atoms with Gasteiger partial charge in [0.1, 0.15) is 11.5 Å². The minimum atomic E-state index is -0.453. The standard InChI is InChI=1S/C29H30FN5O2/c1-16(2)32-28(37)26-25-21(24-22(33-27(25)35-34-26)13-29(3,4)14-23(24)36)11-10-20-9-8-18(15-31-20)17-6-5-7-19(30)12-17/h5-12,15-16,21H,13-14H2,1-4H3,(H,32,37)(H2,33,34,35)/b11-10+. The van der Waals surface area contributed by atoms with Crippen molar-refractivity contribution < 1.29 is 14.0 Å². The molecule has 5 rings (SSSR count). The molecule has 8 heteroatoms. The first-order chi connectivity index (χ1) is 17.6. The van der Waals surface area contributed by atoms with E-state index in [0.29, 0.717) is 41.2 Å². The first kappa shape index (κ1) is 24.6. The topological polar surface area (TPSA) is 99.8 Å². The monoisotopic (exact) mass is 499 g/mol. The van der Waals surface area contributed by atoms with E-state index in [9.17, 15) is 14.0 Å². The van der Waals surface area contributed by atoms with Gasteiger partial charge in [-0.1, -0.05) is 38.1 Å². The van der Waals surface area contributed by atoms with Gasteiger partial charge in [0.05, 0.1) is 5.69 Å². The smallest absolute Gasteiger partial charge is 0.269 e. The van der Waals surface area contributed by atoms with E-state index in [2.05, 4.69) is 39.7 Å². The van der Waals surface area contributed by atoms with Crippen LogP contribution in [0.5, 0.6) is 0 Å². The number of allylic oxidation sites excluding steroid dienone is 3. The van der Waals surface area contributed by atoms with E-state index in [1.165, 1.54) is 12.1 Å². The molecule has 37 heavy (non-hydrogen) atoms. The zero-order valence-corrected chi connectivity index (χ0v) is 21.4. The van der Waals surface area contributed by atoms with E-state index in [1.807, 2.05) is 44.2 Å². The van der Waals surface area contributed by atoms with Crippen molar-refractivity contribution in [3.8, 4) is 11.1 Å². The Bertz CT molecular complexity index is 1430. The molecule has 0 radical (unpaired) electrons. The quantitative estimate of drug-likeness (QED) is 0.423. The maximum Gasteiger partial charge on any atom is 0.269 e. The maximum atomic E-state index is 13.6. The molecular formula is C29H30FN5O2. The number of aromatic nitrogens is 3. The van der Waals surface area contributed by atoms with Crippen molar-refractivity contribution in [3.63, 3.8) is 0 Å². The zero-order valence-electron chi connectivity index (χ0n) is 21.4. The lowest BCUT2D eigenvalue weighted by Gasteiger charge is -2.37. The third kappa shape index (κ3) is 4.96. The number of amides is 1. The van der Waals surface area contributed by atoms with Gasteiger partial charge in [-0.3, -0.25) is 19.7 Å².